The lowest BCUT2D eigenvalue weighted by Gasteiger charge is -1.97. The van der Waals surface area contributed by atoms with Gasteiger partial charge in [0.05, 0.1) is 0 Å². The van der Waals surface area contributed by atoms with E-state index < -0.39 is 0 Å². The van der Waals surface area contributed by atoms with Crippen molar-refractivity contribution in [1.29, 1.82) is 0 Å². The zero-order chi connectivity index (χ0) is 9.97. The lowest BCUT2D eigenvalue weighted by atomic mass is 10.1. The van der Waals surface area contributed by atoms with Crippen LogP contribution in [-0.2, 0) is 4.79 Å². The van der Waals surface area contributed by atoms with Crippen molar-refractivity contribution < 1.29 is 9.90 Å². The number of hydrogen-bond acceptors (Lipinski definition) is 2. The van der Waals surface area contributed by atoms with Gasteiger partial charge in [-0.2, -0.15) is 0 Å². The molecule has 0 spiro atoms. The van der Waals surface area contributed by atoms with Crippen LogP contribution in [-0.4, -0.2) is 10.9 Å². The minimum atomic E-state index is 0.241. The summed E-state index contributed by atoms with van der Waals surface area (Å²) in [6.07, 6.45) is 4.37. The molecule has 0 bridgehead atoms. The van der Waals surface area contributed by atoms with E-state index in [0.29, 0.717) is 6.42 Å². The summed E-state index contributed by atoms with van der Waals surface area (Å²) in [5.41, 5.74) is 1.78. The molecule has 0 aromatic heterocycles. The molecule has 1 aromatic rings. The van der Waals surface area contributed by atoms with Crippen LogP contribution >= 0.6 is 0 Å². The molecule has 0 aliphatic heterocycles. The van der Waals surface area contributed by atoms with Gasteiger partial charge in [0, 0.05) is 6.42 Å². The number of carbonyl (C=O) groups excluding carboxylic acids is 1. The number of allylic oxidation sites excluding steroid dienone is 1. The molecule has 2 heteroatoms. The molecule has 2 rings (SSSR count). The first-order valence-corrected chi connectivity index (χ1v) is 4.78. The van der Waals surface area contributed by atoms with Gasteiger partial charge < -0.3 is 5.11 Å². The Kier molecular flexibility index (Phi) is 2.35. The van der Waals surface area contributed by atoms with E-state index in [9.17, 15) is 9.90 Å². The fraction of sp³-hybridized carbons (Fsp3) is 0.250. The van der Waals surface area contributed by atoms with Gasteiger partial charge in [0.1, 0.15) is 5.75 Å². The standard InChI is InChI=1S/C12H12O2/c13-11-5-1-3-9(8-11)7-10-4-2-6-12(10)14/h1,3,5,7-8,13H,2,4,6H2. The Morgan fingerprint density at radius 1 is 1.29 bits per heavy atom. The molecule has 0 heterocycles. The van der Waals surface area contributed by atoms with Crippen molar-refractivity contribution in [3.8, 4) is 5.75 Å². The Hall–Kier alpha value is -1.57. The molecule has 14 heavy (non-hydrogen) atoms. The molecule has 1 saturated carbocycles. The zero-order valence-electron chi connectivity index (χ0n) is 7.86. The highest BCUT2D eigenvalue weighted by molar-refractivity contribution is 6.01. The summed E-state index contributed by atoms with van der Waals surface area (Å²) in [7, 11) is 0. The highest BCUT2D eigenvalue weighted by Crippen LogP contribution is 2.23. The Morgan fingerprint density at radius 3 is 2.79 bits per heavy atom. The van der Waals surface area contributed by atoms with Crippen molar-refractivity contribution in [2.24, 2.45) is 0 Å². The molecular weight excluding hydrogens is 176 g/mol. The molecule has 0 radical (unpaired) electrons. The molecule has 1 aliphatic carbocycles. The minimum Gasteiger partial charge on any atom is -0.508 e. The number of benzene rings is 1. The maximum absolute atomic E-state index is 11.3. The quantitative estimate of drug-likeness (QED) is 0.687. The average molecular weight is 188 g/mol. The van der Waals surface area contributed by atoms with Gasteiger partial charge in [-0.25, -0.2) is 0 Å². The summed E-state index contributed by atoms with van der Waals surface area (Å²) in [6, 6.07) is 6.95. The van der Waals surface area contributed by atoms with E-state index in [4.69, 9.17) is 0 Å². The Bertz CT molecular complexity index is 391. The summed E-state index contributed by atoms with van der Waals surface area (Å²) in [6.45, 7) is 0. The average Bonchev–Trinajstić information content (AvgIpc) is 2.52. The number of carbonyl (C=O) groups is 1. The molecule has 1 aromatic carbocycles. The van der Waals surface area contributed by atoms with Gasteiger partial charge in [0.2, 0.25) is 0 Å². The van der Waals surface area contributed by atoms with Crippen LogP contribution in [0, 0.1) is 0 Å². The molecule has 2 nitrogen and oxygen atoms in total. The third-order valence-electron chi connectivity index (χ3n) is 2.42. The topological polar surface area (TPSA) is 37.3 Å². The number of phenolic OH excluding ortho intramolecular Hbond substituents is 1. The fourth-order valence-electron chi connectivity index (χ4n) is 1.71. The van der Waals surface area contributed by atoms with Crippen LogP contribution in [0.15, 0.2) is 29.8 Å². The van der Waals surface area contributed by atoms with Gasteiger partial charge in [-0.05, 0) is 42.2 Å². The highest BCUT2D eigenvalue weighted by Gasteiger charge is 2.16. The number of aromatic hydroxyl groups is 1. The van der Waals surface area contributed by atoms with E-state index in [2.05, 4.69) is 0 Å². The number of phenols is 1. The van der Waals surface area contributed by atoms with Crippen molar-refractivity contribution in [2.45, 2.75) is 19.3 Å². The van der Waals surface area contributed by atoms with Crippen LogP contribution in [0.2, 0.25) is 0 Å². The SMILES string of the molecule is O=C1CCCC1=Cc1cccc(O)c1. The smallest absolute Gasteiger partial charge is 0.158 e. The summed E-state index contributed by atoms with van der Waals surface area (Å²) in [5.74, 6) is 0.484. The second-order valence-corrected chi connectivity index (χ2v) is 3.54. The summed E-state index contributed by atoms with van der Waals surface area (Å²) in [5, 5.41) is 9.24. The van der Waals surface area contributed by atoms with Gasteiger partial charge in [-0.3, -0.25) is 4.79 Å². The molecule has 1 fully saturated rings. The van der Waals surface area contributed by atoms with Crippen molar-refractivity contribution >= 4 is 11.9 Å². The third-order valence-corrected chi connectivity index (χ3v) is 2.42. The van der Waals surface area contributed by atoms with Gasteiger partial charge >= 0.3 is 0 Å². The second-order valence-electron chi connectivity index (χ2n) is 3.54. The Morgan fingerprint density at radius 2 is 2.14 bits per heavy atom. The molecule has 0 amide bonds. The second kappa shape index (κ2) is 3.66. The molecule has 0 atom stereocenters. The Balaban J connectivity index is 2.28. The maximum Gasteiger partial charge on any atom is 0.158 e. The molecule has 1 aliphatic rings. The van der Waals surface area contributed by atoms with Gasteiger partial charge in [0.15, 0.2) is 5.78 Å². The minimum absolute atomic E-state index is 0.241. The molecule has 1 N–H and O–H groups in total. The van der Waals surface area contributed by atoms with Gasteiger partial charge in [0.25, 0.3) is 0 Å². The molecule has 0 unspecified atom stereocenters. The number of hydrogen-bond donors (Lipinski definition) is 1. The third kappa shape index (κ3) is 1.84. The lowest BCUT2D eigenvalue weighted by Crippen LogP contribution is -1.90. The summed E-state index contributed by atoms with van der Waals surface area (Å²) in [4.78, 5) is 11.3. The van der Waals surface area contributed by atoms with Crippen molar-refractivity contribution in [1.82, 2.24) is 0 Å². The van der Waals surface area contributed by atoms with E-state index in [1.807, 2.05) is 12.1 Å². The van der Waals surface area contributed by atoms with E-state index in [1.165, 1.54) is 0 Å². The highest BCUT2D eigenvalue weighted by atomic mass is 16.3. The van der Waals surface area contributed by atoms with E-state index in [1.54, 1.807) is 18.2 Å². The predicted octanol–water partition coefficient (Wildman–Crippen LogP) is 2.53. The van der Waals surface area contributed by atoms with Gasteiger partial charge in [-0.15, -0.1) is 0 Å². The van der Waals surface area contributed by atoms with Crippen LogP contribution in [0.4, 0.5) is 0 Å². The van der Waals surface area contributed by atoms with Crippen molar-refractivity contribution in [3.05, 3.63) is 35.4 Å². The largest absolute Gasteiger partial charge is 0.508 e. The van der Waals surface area contributed by atoms with Crippen molar-refractivity contribution in [3.63, 3.8) is 0 Å². The molecular formula is C12H12O2. The van der Waals surface area contributed by atoms with Crippen LogP contribution in [0.25, 0.3) is 6.08 Å². The molecule has 72 valence electrons. The monoisotopic (exact) mass is 188 g/mol. The van der Waals surface area contributed by atoms with Crippen LogP contribution in [0.1, 0.15) is 24.8 Å². The number of Topliss-reactive ketones (excluding diaryl/α,β-unsaturated/α-hetero) is 1. The van der Waals surface area contributed by atoms with E-state index >= 15 is 0 Å². The first-order valence-electron chi connectivity index (χ1n) is 4.78. The fourth-order valence-corrected chi connectivity index (χ4v) is 1.71. The van der Waals surface area contributed by atoms with Crippen molar-refractivity contribution in [2.75, 3.05) is 0 Å². The molecule has 0 saturated heterocycles. The zero-order valence-corrected chi connectivity index (χ0v) is 7.86. The van der Waals surface area contributed by atoms with Crippen LogP contribution in [0.3, 0.4) is 0 Å². The van der Waals surface area contributed by atoms with Gasteiger partial charge in [-0.1, -0.05) is 12.1 Å². The summed E-state index contributed by atoms with van der Waals surface area (Å²) < 4.78 is 0. The van der Waals surface area contributed by atoms with Crippen LogP contribution in [0.5, 0.6) is 5.75 Å². The number of ketones is 1. The summed E-state index contributed by atoms with van der Waals surface area (Å²) >= 11 is 0. The number of rotatable bonds is 1. The Labute approximate surface area is 82.9 Å². The normalized spacial score (nSPS) is 19.1. The van der Waals surface area contributed by atoms with E-state index in [-0.39, 0.29) is 11.5 Å². The maximum atomic E-state index is 11.3. The first kappa shape index (κ1) is 9.00. The van der Waals surface area contributed by atoms with E-state index in [0.717, 1.165) is 24.0 Å². The predicted molar refractivity (Wildman–Crippen MR) is 54.9 cm³/mol. The van der Waals surface area contributed by atoms with Crippen LogP contribution < -0.4 is 0 Å². The lowest BCUT2D eigenvalue weighted by molar-refractivity contribution is -0.114. The first-order chi connectivity index (χ1) is 6.75.